The van der Waals surface area contributed by atoms with Crippen LogP contribution in [0.5, 0.6) is 11.6 Å². The highest BCUT2D eigenvalue weighted by Gasteiger charge is 2.47. The van der Waals surface area contributed by atoms with Crippen molar-refractivity contribution in [1.29, 1.82) is 0 Å². The summed E-state index contributed by atoms with van der Waals surface area (Å²) >= 11 is 0. The molecule has 278 valence electrons. The fourth-order valence-corrected chi connectivity index (χ4v) is 9.03. The first-order valence-electron chi connectivity index (χ1n) is 18.9. The van der Waals surface area contributed by atoms with Crippen molar-refractivity contribution in [3.63, 3.8) is 0 Å². The molecule has 0 bridgehead atoms. The number of imide groups is 1. The van der Waals surface area contributed by atoms with Gasteiger partial charge in [-0.3, -0.25) is 24.6 Å². The van der Waals surface area contributed by atoms with E-state index in [0.29, 0.717) is 48.1 Å². The zero-order valence-corrected chi connectivity index (χ0v) is 30.5. The van der Waals surface area contributed by atoms with Crippen LogP contribution in [0, 0.1) is 6.92 Å². The summed E-state index contributed by atoms with van der Waals surface area (Å²) < 4.78 is 6.58. The number of carbonyl (C=O) groups is 3. The highest BCUT2D eigenvalue weighted by Crippen LogP contribution is 2.44. The van der Waals surface area contributed by atoms with Crippen molar-refractivity contribution < 1.29 is 24.2 Å². The summed E-state index contributed by atoms with van der Waals surface area (Å²) in [7, 11) is 0. The molecule has 0 radical (unpaired) electrons. The number of nitrogens with zero attached hydrogens (tertiary/aromatic N) is 6. The van der Waals surface area contributed by atoms with Gasteiger partial charge >= 0.3 is 0 Å². The Balaban J connectivity index is 0.806. The van der Waals surface area contributed by atoms with Crippen molar-refractivity contribution in [2.24, 2.45) is 0 Å². The van der Waals surface area contributed by atoms with E-state index in [0.717, 1.165) is 73.6 Å². The van der Waals surface area contributed by atoms with Gasteiger partial charge in [-0.1, -0.05) is 24.3 Å². The van der Waals surface area contributed by atoms with Gasteiger partial charge in [-0.25, -0.2) is 4.98 Å². The minimum Gasteiger partial charge on any atom is -0.507 e. The van der Waals surface area contributed by atoms with Crippen LogP contribution < -0.4 is 20.3 Å². The van der Waals surface area contributed by atoms with E-state index in [2.05, 4.69) is 56.6 Å². The molecule has 3 N–H and O–H groups in total. The van der Waals surface area contributed by atoms with Crippen LogP contribution in [-0.4, -0.2) is 91.7 Å². The number of aromatic nitrogens is 3. The number of rotatable bonds is 7. The molecule has 3 saturated heterocycles. The molecule has 3 atom stereocenters. The number of aromatic hydroxyl groups is 1. The number of ether oxygens (including phenoxy) is 1. The molecule has 2 aromatic carbocycles. The first-order valence-corrected chi connectivity index (χ1v) is 18.9. The third-order valence-electron chi connectivity index (χ3n) is 12.0. The Hall–Kier alpha value is -5.56. The number of anilines is 2. The molecule has 2 aromatic heterocycles. The molecule has 13 nitrogen and oxygen atoms in total. The molecule has 3 fully saturated rings. The van der Waals surface area contributed by atoms with Gasteiger partial charge in [-0.15, -0.1) is 10.2 Å². The second kappa shape index (κ2) is 13.4. The molecule has 0 saturated carbocycles. The van der Waals surface area contributed by atoms with E-state index in [1.165, 1.54) is 5.56 Å². The fraction of sp³-hybridized carbons (Fsp3) is 0.415. The molecule has 54 heavy (non-hydrogen) atoms. The molecule has 5 aliphatic rings. The van der Waals surface area contributed by atoms with Gasteiger partial charge in [0.15, 0.2) is 5.82 Å². The number of hydrogen-bond donors (Lipinski definition) is 3. The Morgan fingerprint density at radius 1 is 1.00 bits per heavy atom. The predicted molar refractivity (Wildman–Crippen MR) is 201 cm³/mol. The van der Waals surface area contributed by atoms with Gasteiger partial charge in [0.05, 0.1) is 23.5 Å². The van der Waals surface area contributed by atoms with E-state index in [9.17, 15) is 19.5 Å². The fourth-order valence-electron chi connectivity index (χ4n) is 9.03. The van der Waals surface area contributed by atoms with E-state index in [1.807, 2.05) is 36.5 Å². The van der Waals surface area contributed by atoms with Gasteiger partial charge in [-0.2, -0.15) is 0 Å². The SMILES string of the molecule is Cc1cc(CN2CCC(c3ccc4c(c3)C(=O)N([C@H]3CCC(=O)NC3=O)C4)CC2)cnc1O[C@H]1CN2c3cc(-c4ccccc4O)nnc3NC[C@]2(C)C1. The predicted octanol–water partition coefficient (Wildman–Crippen LogP) is 4.54. The lowest BCUT2D eigenvalue weighted by Gasteiger charge is -2.41. The summed E-state index contributed by atoms with van der Waals surface area (Å²) in [6, 6.07) is 17.0. The van der Waals surface area contributed by atoms with Gasteiger partial charge in [0.2, 0.25) is 17.7 Å². The standard InChI is InChI=1S/C41H44N8O5/c1-24-15-25(20-47-13-11-26(12-14-47)27-7-8-28-21-48(40(53)31(28)16-27)33-9-10-36(51)44-38(33)52)19-42-39(24)54-29-18-41(2)23-43-37-34(49(41)22-29)17-32(45-46-37)30-5-3-4-6-35(30)50/h3-8,15-17,19,26,29,33,50H,9-14,18,20-23H2,1-2H3,(H,43,46)(H,44,51,52)/t29-,33+,41+/m1/s1. The second-order valence-electron chi connectivity index (χ2n) is 15.7. The molecule has 9 rings (SSSR count). The average Bonchev–Trinajstić information content (AvgIpc) is 3.68. The van der Waals surface area contributed by atoms with Gasteiger partial charge in [0.1, 0.15) is 17.9 Å². The lowest BCUT2D eigenvalue weighted by Crippen LogP contribution is -2.52. The first kappa shape index (κ1) is 34.2. The lowest BCUT2D eigenvalue weighted by atomic mass is 9.87. The van der Waals surface area contributed by atoms with E-state index in [4.69, 9.17) is 9.72 Å². The Bertz CT molecular complexity index is 2170. The molecule has 0 spiro atoms. The van der Waals surface area contributed by atoms with Crippen molar-refractivity contribution in [2.45, 2.75) is 82.6 Å². The number of carbonyl (C=O) groups excluding carboxylic acids is 3. The highest BCUT2D eigenvalue weighted by atomic mass is 16.5. The van der Waals surface area contributed by atoms with Crippen molar-refractivity contribution in [2.75, 3.05) is 36.4 Å². The zero-order valence-electron chi connectivity index (χ0n) is 30.5. The average molecular weight is 729 g/mol. The van der Waals surface area contributed by atoms with Crippen LogP contribution in [0.4, 0.5) is 11.5 Å². The van der Waals surface area contributed by atoms with E-state index in [-0.39, 0.29) is 41.5 Å². The Morgan fingerprint density at radius 3 is 2.63 bits per heavy atom. The highest BCUT2D eigenvalue weighted by molar-refractivity contribution is 6.05. The quantitative estimate of drug-likeness (QED) is 0.230. The van der Waals surface area contributed by atoms with E-state index < -0.39 is 6.04 Å². The largest absolute Gasteiger partial charge is 0.507 e. The van der Waals surface area contributed by atoms with Crippen LogP contribution in [0.2, 0.25) is 0 Å². The maximum Gasteiger partial charge on any atom is 0.255 e. The minimum atomic E-state index is -0.598. The summed E-state index contributed by atoms with van der Waals surface area (Å²) in [5.41, 5.74) is 7.00. The number of piperidine rings is 2. The first-order chi connectivity index (χ1) is 26.1. The van der Waals surface area contributed by atoms with Crippen molar-refractivity contribution in [1.82, 2.24) is 30.3 Å². The third-order valence-corrected chi connectivity index (χ3v) is 12.0. The molecule has 7 heterocycles. The van der Waals surface area contributed by atoms with Gasteiger partial charge < -0.3 is 25.0 Å². The van der Waals surface area contributed by atoms with E-state index >= 15 is 0 Å². The number of fused-ring (bicyclic) bond motifs is 4. The smallest absolute Gasteiger partial charge is 0.255 e. The molecule has 0 unspecified atom stereocenters. The molecule has 5 aliphatic heterocycles. The minimum absolute atomic E-state index is 0.0596. The van der Waals surface area contributed by atoms with Gasteiger partial charge in [0, 0.05) is 55.4 Å². The summed E-state index contributed by atoms with van der Waals surface area (Å²) in [6.45, 7) is 8.80. The van der Waals surface area contributed by atoms with Crippen LogP contribution in [0.1, 0.15) is 77.6 Å². The number of aryl methyl sites for hydroxylation is 1. The number of amides is 3. The number of hydrogen-bond acceptors (Lipinski definition) is 11. The Kier molecular flexibility index (Phi) is 8.48. The summed E-state index contributed by atoms with van der Waals surface area (Å²) in [5, 5.41) is 25.1. The Morgan fingerprint density at radius 2 is 1.83 bits per heavy atom. The summed E-state index contributed by atoms with van der Waals surface area (Å²) in [4.78, 5) is 48.7. The van der Waals surface area contributed by atoms with Crippen molar-refractivity contribution in [3.05, 3.63) is 88.6 Å². The van der Waals surface area contributed by atoms with Gasteiger partial charge in [0.25, 0.3) is 5.91 Å². The number of pyridine rings is 1. The van der Waals surface area contributed by atoms with Crippen LogP contribution in [0.3, 0.4) is 0 Å². The van der Waals surface area contributed by atoms with E-state index in [1.54, 1.807) is 17.0 Å². The third kappa shape index (κ3) is 6.19. The normalized spacial score (nSPS) is 24.1. The van der Waals surface area contributed by atoms with Crippen molar-refractivity contribution >= 4 is 29.2 Å². The molecular formula is C41H44N8O5. The number of likely N-dealkylation sites (tertiary alicyclic amines) is 1. The number of nitrogens with one attached hydrogen (secondary N) is 2. The second-order valence-corrected chi connectivity index (χ2v) is 15.7. The topological polar surface area (TPSA) is 153 Å². The number of para-hydroxylation sites is 1. The number of phenols is 1. The lowest BCUT2D eigenvalue weighted by molar-refractivity contribution is -0.136. The van der Waals surface area contributed by atoms with Crippen LogP contribution in [0.15, 0.2) is 60.8 Å². The summed E-state index contributed by atoms with van der Waals surface area (Å²) in [5.74, 6) is 1.14. The Labute approximate surface area is 313 Å². The number of phenolic OH excluding ortho intramolecular Hbond substituents is 1. The molecular weight excluding hydrogens is 685 g/mol. The number of benzene rings is 2. The van der Waals surface area contributed by atoms with Crippen LogP contribution in [-0.2, 0) is 22.7 Å². The van der Waals surface area contributed by atoms with Gasteiger partial charge in [-0.05, 0) is 99.1 Å². The molecule has 0 aliphatic carbocycles. The van der Waals surface area contributed by atoms with Crippen LogP contribution in [0.25, 0.3) is 11.3 Å². The van der Waals surface area contributed by atoms with Crippen molar-refractivity contribution in [3.8, 4) is 22.9 Å². The van der Waals surface area contributed by atoms with Crippen LogP contribution >= 0.6 is 0 Å². The summed E-state index contributed by atoms with van der Waals surface area (Å²) in [6.07, 6.45) is 5.30. The molecule has 3 amide bonds. The maximum atomic E-state index is 13.4. The maximum absolute atomic E-state index is 13.4. The monoisotopic (exact) mass is 728 g/mol. The molecule has 13 heteroatoms. The zero-order chi connectivity index (χ0) is 37.1. The molecule has 4 aromatic rings.